The van der Waals surface area contributed by atoms with Gasteiger partial charge < -0.3 is 14.2 Å². The van der Waals surface area contributed by atoms with E-state index in [1.54, 1.807) is 0 Å². The highest BCUT2D eigenvalue weighted by atomic mass is 16.6. The van der Waals surface area contributed by atoms with Crippen molar-refractivity contribution in [2.24, 2.45) is 0 Å². The van der Waals surface area contributed by atoms with Gasteiger partial charge in [-0.1, -0.05) is 248 Å². The lowest BCUT2D eigenvalue weighted by Crippen LogP contribution is -2.30. The predicted octanol–water partition coefficient (Wildman–Crippen LogP) is 18.2. The van der Waals surface area contributed by atoms with Crippen LogP contribution in [0.1, 0.15) is 265 Å². The van der Waals surface area contributed by atoms with Gasteiger partial charge in [0.2, 0.25) is 0 Å². The molecule has 0 bridgehead atoms. The molecule has 0 fully saturated rings. The van der Waals surface area contributed by atoms with Gasteiger partial charge in [0.1, 0.15) is 13.2 Å². The van der Waals surface area contributed by atoms with Gasteiger partial charge in [0, 0.05) is 19.3 Å². The van der Waals surface area contributed by atoms with Crippen molar-refractivity contribution in [3.8, 4) is 0 Å². The third-order valence-electron chi connectivity index (χ3n) is 11.8. The Morgan fingerprint density at radius 2 is 0.677 bits per heavy atom. The molecule has 1 unspecified atom stereocenters. The summed E-state index contributed by atoms with van der Waals surface area (Å²) >= 11 is 0. The van der Waals surface area contributed by atoms with E-state index in [4.69, 9.17) is 14.2 Å². The topological polar surface area (TPSA) is 78.9 Å². The molecule has 0 N–H and O–H groups in total. The Kier molecular flexibility index (Phi) is 50.9. The number of ether oxygens (including phenoxy) is 3. The van der Waals surface area contributed by atoms with E-state index in [0.29, 0.717) is 19.3 Å². The fourth-order valence-corrected chi connectivity index (χ4v) is 7.69. The fourth-order valence-electron chi connectivity index (χ4n) is 7.69. The largest absolute Gasteiger partial charge is 0.462 e. The highest BCUT2D eigenvalue weighted by Crippen LogP contribution is 2.16. The Hall–Kier alpha value is -3.15. The SMILES string of the molecule is CC/C=C/C=C/C=C/CCCCCCCC(=O)OCC(COC(=O)CCCCCCCCCCC/C=C/C/C=C/C/C=C/CC)OC(=O)CCCCCCCCCCCCCCCCC. The molecule has 0 aliphatic rings. The summed E-state index contributed by atoms with van der Waals surface area (Å²) in [5.74, 6) is -0.901. The number of allylic oxidation sites excluding steroid dienone is 12. The van der Waals surface area contributed by atoms with Gasteiger partial charge in [0.15, 0.2) is 6.10 Å². The van der Waals surface area contributed by atoms with Crippen molar-refractivity contribution in [2.45, 2.75) is 271 Å². The number of carbonyl (C=O) groups excluding carboxylic acids is 3. The number of rotatable bonds is 49. The first-order valence-electron chi connectivity index (χ1n) is 27.5. The lowest BCUT2D eigenvalue weighted by Gasteiger charge is -2.18. The quantitative estimate of drug-likeness (QED) is 0.0199. The maximum Gasteiger partial charge on any atom is 0.306 e. The van der Waals surface area contributed by atoms with Gasteiger partial charge in [-0.15, -0.1) is 0 Å². The van der Waals surface area contributed by atoms with Crippen LogP contribution >= 0.6 is 0 Å². The van der Waals surface area contributed by atoms with Crippen LogP contribution in [-0.4, -0.2) is 37.2 Å². The van der Waals surface area contributed by atoms with Gasteiger partial charge in [-0.05, 0) is 70.6 Å². The summed E-state index contributed by atoms with van der Waals surface area (Å²) in [4.78, 5) is 38.1. The number of unbranched alkanes of at least 4 members (excludes halogenated alkanes) is 28. The molecular formula is C59H102O6. The minimum Gasteiger partial charge on any atom is -0.462 e. The van der Waals surface area contributed by atoms with Crippen LogP contribution in [0.15, 0.2) is 72.9 Å². The monoisotopic (exact) mass is 907 g/mol. The standard InChI is InChI=1S/C59H102O6/c1-4-7-10-13-16-19-22-25-27-28-29-30-32-34-37-40-43-46-49-52-58(61)64-55-56(54-63-57(60)51-48-45-42-39-36-33-24-21-18-15-12-9-6-3)65-59(62)53-50-47-44-41-38-35-31-26-23-20-17-14-11-8-5-2/h7,9-10,12,15-16,18-19,21,24-25,27,56H,4-6,8,11,13-14,17,20,22-23,26,28-55H2,1-3H3/b10-7+,12-9+,18-15+,19-16+,24-21+,27-25+. The molecule has 0 aromatic heterocycles. The highest BCUT2D eigenvalue weighted by Gasteiger charge is 2.19. The Bertz CT molecular complexity index is 1230. The molecule has 0 aliphatic carbocycles. The van der Waals surface area contributed by atoms with Crippen molar-refractivity contribution in [1.82, 2.24) is 0 Å². The summed E-state index contributed by atoms with van der Waals surface area (Å²) in [7, 11) is 0. The summed E-state index contributed by atoms with van der Waals surface area (Å²) < 4.78 is 16.8. The van der Waals surface area contributed by atoms with Crippen molar-refractivity contribution >= 4 is 17.9 Å². The maximum atomic E-state index is 12.8. The minimum atomic E-state index is -0.784. The van der Waals surface area contributed by atoms with Crippen LogP contribution in [0.25, 0.3) is 0 Å². The summed E-state index contributed by atoms with van der Waals surface area (Å²) in [5.41, 5.74) is 0. The summed E-state index contributed by atoms with van der Waals surface area (Å²) in [5, 5.41) is 0. The first kappa shape index (κ1) is 61.9. The lowest BCUT2D eigenvalue weighted by atomic mass is 10.0. The van der Waals surface area contributed by atoms with Crippen LogP contribution in [0.3, 0.4) is 0 Å². The third-order valence-corrected chi connectivity index (χ3v) is 11.8. The van der Waals surface area contributed by atoms with E-state index in [1.165, 1.54) is 122 Å². The number of esters is 3. The van der Waals surface area contributed by atoms with Gasteiger partial charge in [0.25, 0.3) is 0 Å². The predicted molar refractivity (Wildman–Crippen MR) is 279 cm³/mol. The van der Waals surface area contributed by atoms with Gasteiger partial charge in [0.05, 0.1) is 0 Å². The second kappa shape index (κ2) is 53.5. The van der Waals surface area contributed by atoms with Crippen LogP contribution in [0, 0.1) is 0 Å². The van der Waals surface area contributed by atoms with E-state index in [9.17, 15) is 14.4 Å². The van der Waals surface area contributed by atoms with E-state index in [1.807, 2.05) is 0 Å². The number of hydrogen-bond acceptors (Lipinski definition) is 6. The first-order chi connectivity index (χ1) is 32.0. The highest BCUT2D eigenvalue weighted by molar-refractivity contribution is 5.71. The molecule has 0 rings (SSSR count). The van der Waals surface area contributed by atoms with Crippen LogP contribution in [0.5, 0.6) is 0 Å². The molecule has 0 saturated heterocycles. The molecule has 6 nitrogen and oxygen atoms in total. The van der Waals surface area contributed by atoms with Crippen molar-refractivity contribution in [2.75, 3.05) is 13.2 Å². The van der Waals surface area contributed by atoms with Crippen molar-refractivity contribution in [1.29, 1.82) is 0 Å². The van der Waals surface area contributed by atoms with E-state index < -0.39 is 6.10 Å². The molecule has 0 amide bonds. The minimum absolute atomic E-state index is 0.0832. The van der Waals surface area contributed by atoms with E-state index in [0.717, 1.165) is 103 Å². The second-order valence-corrected chi connectivity index (χ2v) is 18.1. The molecule has 1 atom stereocenters. The summed E-state index contributed by atoms with van der Waals surface area (Å²) in [6.45, 7) is 6.39. The number of hydrogen-bond donors (Lipinski definition) is 0. The van der Waals surface area contributed by atoms with Gasteiger partial charge >= 0.3 is 17.9 Å². The van der Waals surface area contributed by atoms with E-state index in [2.05, 4.69) is 93.7 Å². The van der Waals surface area contributed by atoms with E-state index >= 15 is 0 Å². The normalized spacial score (nSPS) is 12.6. The van der Waals surface area contributed by atoms with Gasteiger partial charge in [-0.2, -0.15) is 0 Å². The number of carbonyl (C=O) groups is 3. The average molecular weight is 907 g/mol. The van der Waals surface area contributed by atoms with Gasteiger partial charge in [-0.3, -0.25) is 14.4 Å². The smallest absolute Gasteiger partial charge is 0.306 e. The molecule has 0 saturated carbocycles. The molecule has 0 aromatic rings. The average Bonchev–Trinajstić information content (AvgIpc) is 3.30. The zero-order chi connectivity index (χ0) is 47.2. The van der Waals surface area contributed by atoms with Crippen LogP contribution < -0.4 is 0 Å². The molecule has 374 valence electrons. The Balaban J connectivity index is 4.37. The lowest BCUT2D eigenvalue weighted by molar-refractivity contribution is -0.167. The zero-order valence-corrected chi connectivity index (χ0v) is 42.7. The molecule has 0 radical (unpaired) electrons. The first-order valence-corrected chi connectivity index (χ1v) is 27.5. The molecule has 0 aromatic carbocycles. The molecular weight excluding hydrogens is 805 g/mol. The zero-order valence-electron chi connectivity index (χ0n) is 42.7. The molecule has 0 spiro atoms. The summed E-state index contributed by atoms with van der Waals surface area (Å²) in [6.07, 6.45) is 67.4. The Morgan fingerprint density at radius 1 is 0.338 bits per heavy atom. The molecule has 0 aliphatic heterocycles. The van der Waals surface area contributed by atoms with Crippen molar-refractivity contribution < 1.29 is 28.6 Å². The van der Waals surface area contributed by atoms with Crippen LogP contribution in [0.4, 0.5) is 0 Å². The van der Waals surface area contributed by atoms with Crippen LogP contribution in [0.2, 0.25) is 0 Å². The molecule has 0 heterocycles. The molecule has 6 heteroatoms. The van der Waals surface area contributed by atoms with E-state index in [-0.39, 0.29) is 31.1 Å². The molecule has 65 heavy (non-hydrogen) atoms. The Morgan fingerprint density at radius 3 is 1.11 bits per heavy atom. The summed E-state index contributed by atoms with van der Waals surface area (Å²) in [6, 6.07) is 0. The Labute approximate surface area is 402 Å². The van der Waals surface area contributed by atoms with Crippen LogP contribution in [-0.2, 0) is 28.6 Å². The van der Waals surface area contributed by atoms with Gasteiger partial charge in [-0.25, -0.2) is 0 Å². The third kappa shape index (κ3) is 51.7. The fraction of sp³-hybridized carbons (Fsp3) is 0.746. The second-order valence-electron chi connectivity index (χ2n) is 18.1. The van der Waals surface area contributed by atoms with Crippen molar-refractivity contribution in [3.63, 3.8) is 0 Å². The maximum absolute atomic E-state index is 12.8. The van der Waals surface area contributed by atoms with Crippen molar-refractivity contribution in [3.05, 3.63) is 72.9 Å².